The molecule has 16 heavy (non-hydrogen) atoms. The van der Waals surface area contributed by atoms with Crippen LogP contribution in [0.4, 0.5) is 0 Å². The summed E-state index contributed by atoms with van der Waals surface area (Å²) in [5.41, 5.74) is 5.04. The van der Waals surface area contributed by atoms with E-state index in [1.807, 2.05) is 13.8 Å². The first kappa shape index (κ1) is 13.4. The van der Waals surface area contributed by atoms with Crippen LogP contribution in [0, 0.1) is 5.92 Å². The van der Waals surface area contributed by atoms with Gasteiger partial charge in [-0.15, -0.1) is 0 Å². The number of carbonyl (C=O) groups excluding carboxylic acids is 1. The van der Waals surface area contributed by atoms with Crippen LogP contribution in [0.1, 0.15) is 20.3 Å². The van der Waals surface area contributed by atoms with E-state index in [0.29, 0.717) is 6.42 Å². The molecule has 2 unspecified atom stereocenters. The Bertz CT molecular complexity index is 258. The van der Waals surface area contributed by atoms with Gasteiger partial charge in [0.15, 0.2) is 6.10 Å². The predicted molar refractivity (Wildman–Crippen MR) is 55.3 cm³/mol. The number of hydrogen-bond donors (Lipinski definition) is 4. The van der Waals surface area contributed by atoms with E-state index in [-0.39, 0.29) is 5.92 Å². The van der Waals surface area contributed by atoms with Crippen molar-refractivity contribution in [2.24, 2.45) is 11.7 Å². The highest BCUT2D eigenvalue weighted by molar-refractivity contribution is 5.79. The molecule has 1 heterocycles. The number of nitrogens with two attached hydrogens (primary N) is 1. The van der Waals surface area contributed by atoms with E-state index in [1.54, 1.807) is 0 Å². The number of primary amides is 1. The minimum atomic E-state index is -1.48. The van der Waals surface area contributed by atoms with Gasteiger partial charge in [-0.2, -0.15) is 0 Å². The molecule has 0 aromatic rings. The number of rotatable bonds is 3. The summed E-state index contributed by atoms with van der Waals surface area (Å²) in [4.78, 5) is 11.0. The van der Waals surface area contributed by atoms with Crippen LogP contribution in [0.2, 0.25) is 0 Å². The lowest BCUT2D eigenvalue weighted by atomic mass is 9.90. The van der Waals surface area contributed by atoms with Crippen molar-refractivity contribution in [1.29, 1.82) is 0 Å². The Kier molecular flexibility index (Phi) is 4.26. The minimum absolute atomic E-state index is 0.232. The van der Waals surface area contributed by atoms with Crippen molar-refractivity contribution < 1.29 is 24.9 Å². The number of ether oxygens (including phenoxy) is 1. The molecule has 0 aromatic carbocycles. The molecule has 6 heteroatoms. The summed E-state index contributed by atoms with van der Waals surface area (Å²) in [6.07, 6.45) is -5.55. The lowest BCUT2D eigenvalue weighted by Crippen LogP contribution is -2.61. The number of aliphatic hydroxyl groups excluding tert-OH is 3. The number of hydrogen-bond acceptors (Lipinski definition) is 5. The van der Waals surface area contributed by atoms with Crippen molar-refractivity contribution in [2.75, 3.05) is 0 Å². The molecule has 0 bridgehead atoms. The van der Waals surface area contributed by atoms with Crippen LogP contribution in [0.15, 0.2) is 0 Å². The number of carbonyl (C=O) groups is 1. The topological polar surface area (TPSA) is 113 Å². The molecule has 6 nitrogen and oxygen atoms in total. The van der Waals surface area contributed by atoms with Crippen LogP contribution in [-0.4, -0.2) is 51.7 Å². The molecule has 5 N–H and O–H groups in total. The SMILES string of the molecule is CC(C)C[C@H]1OC(C(N)=O)[C@@H](O)C(O)[C@H]1O. The summed E-state index contributed by atoms with van der Waals surface area (Å²) in [5, 5.41) is 28.7. The zero-order valence-electron chi connectivity index (χ0n) is 9.41. The van der Waals surface area contributed by atoms with Gasteiger partial charge in [0.1, 0.15) is 18.3 Å². The molecule has 0 aliphatic carbocycles. The summed E-state index contributed by atoms with van der Waals surface area (Å²) >= 11 is 0. The Labute approximate surface area is 94.0 Å². The highest BCUT2D eigenvalue weighted by atomic mass is 16.5. The molecule has 1 amide bonds. The van der Waals surface area contributed by atoms with Crippen LogP contribution in [-0.2, 0) is 9.53 Å². The van der Waals surface area contributed by atoms with Gasteiger partial charge in [-0.25, -0.2) is 0 Å². The van der Waals surface area contributed by atoms with E-state index in [0.717, 1.165) is 0 Å². The zero-order valence-corrected chi connectivity index (χ0v) is 9.41. The minimum Gasteiger partial charge on any atom is -0.388 e. The lowest BCUT2D eigenvalue weighted by Gasteiger charge is -2.40. The van der Waals surface area contributed by atoms with Gasteiger partial charge in [-0.3, -0.25) is 4.79 Å². The molecule has 94 valence electrons. The van der Waals surface area contributed by atoms with Gasteiger partial charge in [0.05, 0.1) is 6.10 Å². The van der Waals surface area contributed by atoms with E-state index in [4.69, 9.17) is 10.5 Å². The summed E-state index contributed by atoms with van der Waals surface area (Å²) < 4.78 is 5.22. The Hall–Kier alpha value is -0.690. The standard InChI is InChI=1S/C10H19NO5/c1-4(2)3-5-6(12)7(13)8(14)9(16-5)10(11)15/h4-9,12-14H,3H2,1-2H3,(H2,11,15)/t5-,6+,7?,8+,9?/m1/s1. The summed E-state index contributed by atoms with van der Waals surface area (Å²) in [5.74, 6) is -0.608. The second kappa shape index (κ2) is 5.09. The fraction of sp³-hybridized carbons (Fsp3) is 0.900. The maximum atomic E-state index is 11.0. The molecule has 5 atom stereocenters. The molecule has 0 spiro atoms. The van der Waals surface area contributed by atoms with Crippen LogP contribution in [0.5, 0.6) is 0 Å². The highest BCUT2D eigenvalue weighted by Crippen LogP contribution is 2.25. The third-order valence-electron chi connectivity index (χ3n) is 2.70. The van der Waals surface area contributed by atoms with Crippen molar-refractivity contribution in [3.63, 3.8) is 0 Å². The predicted octanol–water partition coefficient (Wildman–Crippen LogP) is -1.63. The molecule has 1 rings (SSSR count). The number of amides is 1. The first-order valence-corrected chi connectivity index (χ1v) is 5.33. The second-order valence-electron chi connectivity index (χ2n) is 4.60. The summed E-state index contributed by atoms with van der Waals surface area (Å²) in [7, 11) is 0. The van der Waals surface area contributed by atoms with E-state index in [2.05, 4.69) is 0 Å². The highest BCUT2D eigenvalue weighted by Gasteiger charge is 2.45. The van der Waals surface area contributed by atoms with Crippen molar-refractivity contribution in [3.05, 3.63) is 0 Å². The molecule has 0 aromatic heterocycles. The van der Waals surface area contributed by atoms with Gasteiger partial charge in [-0.1, -0.05) is 13.8 Å². The summed E-state index contributed by atoms with van der Waals surface area (Å²) in [6, 6.07) is 0. The lowest BCUT2D eigenvalue weighted by molar-refractivity contribution is -0.222. The van der Waals surface area contributed by atoms with Gasteiger partial charge in [0.2, 0.25) is 5.91 Å². The van der Waals surface area contributed by atoms with Crippen molar-refractivity contribution in [3.8, 4) is 0 Å². The Morgan fingerprint density at radius 2 is 1.81 bits per heavy atom. The quantitative estimate of drug-likeness (QED) is 0.467. The molecule has 0 radical (unpaired) electrons. The average Bonchev–Trinajstić information content (AvgIpc) is 2.18. The number of aliphatic hydroxyl groups is 3. The fourth-order valence-electron chi connectivity index (χ4n) is 1.85. The average molecular weight is 233 g/mol. The van der Waals surface area contributed by atoms with Crippen molar-refractivity contribution in [1.82, 2.24) is 0 Å². The molecular weight excluding hydrogens is 214 g/mol. The van der Waals surface area contributed by atoms with Crippen LogP contribution >= 0.6 is 0 Å². The van der Waals surface area contributed by atoms with E-state index in [1.165, 1.54) is 0 Å². The van der Waals surface area contributed by atoms with Gasteiger partial charge < -0.3 is 25.8 Å². The van der Waals surface area contributed by atoms with Gasteiger partial charge in [-0.05, 0) is 12.3 Å². The third-order valence-corrected chi connectivity index (χ3v) is 2.70. The van der Waals surface area contributed by atoms with E-state index >= 15 is 0 Å². The largest absolute Gasteiger partial charge is 0.388 e. The zero-order chi connectivity index (χ0) is 12.5. The fourth-order valence-corrected chi connectivity index (χ4v) is 1.85. The van der Waals surface area contributed by atoms with Crippen LogP contribution in [0.3, 0.4) is 0 Å². The first-order chi connectivity index (χ1) is 7.34. The van der Waals surface area contributed by atoms with Crippen LogP contribution in [0.25, 0.3) is 0 Å². The molecule has 1 aliphatic heterocycles. The molecule has 1 fully saturated rings. The first-order valence-electron chi connectivity index (χ1n) is 5.33. The van der Waals surface area contributed by atoms with Crippen LogP contribution < -0.4 is 5.73 Å². The van der Waals surface area contributed by atoms with Gasteiger partial charge in [0, 0.05) is 0 Å². The molecule has 1 aliphatic rings. The normalized spacial score (nSPS) is 40.0. The monoisotopic (exact) mass is 233 g/mol. The molecular formula is C10H19NO5. The Morgan fingerprint density at radius 3 is 2.25 bits per heavy atom. The molecule has 1 saturated heterocycles. The van der Waals surface area contributed by atoms with E-state index in [9.17, 15) is 20.1 Å². The smallest absolute Gasteiger partial charge is 0.249 e. The Balaban J connectivity index is 2.77. The second-order valence-corrected chi connectivity index (χ2v) is 4.60. The summed E-state index contributed by atoms with van der Waals surface area (Å²) in [6.45, 7) is 3.85. The van der Waals surface area contributed by atoms with Gasteiger partial charge >= 0.3 is 0 Å². The van der Waals surface area contributed by atoms with Gasteiger partial charge in [0.25, 0.3) is 0 Å². The van der Waals surface area contributed by atoms with E-state index < -0.39 is 36.4 Å². The third kappa shape index (κ3) is 2.70. The van der Waals surface area contributed by atoms with Crippen molar-refractivity contribution in [2.45, 2.75) is 50.8 Å². The molecule has 0 saturated carbocycles. The Morgan fingerprint density at radius 1 is 1.25 bits per heavy atom. The maximum absolute atomic E-state index is 11.0. The van der Waals surface area contributed by atoms with Crippen molar-refractivity contribution >= 4 is 5.91 Å². The maximum Gasteiger partial charge on any atom is 0.249 e.